The lowest BCUT2D eigenvalue weighted by Crippen LogP contribution is -2.28. The normalized spacial score (nSPS) is 12.0. The lowest BCUT2D eigenvalue weighted by atomic mass is 10.0. The van der Waals surface area contributed by atoms with Crippen molar-refractivity contribution in [2.75, 3.05) is 5.32 Å². The Bertz CT molecular complexity index is 668. The van der Waals surface area contributed by atoms with Crippen molar-refractivity contribution in [2.24, 2.45) is 5.73 Å². The van der Waals surface area contributed by atoms with Gasteiger partial charge in [-0.05, 0) is 36.8 Å². The smallest absolute Gasteiger partial charge is 0.244 e. The number of hydrogen-bond acceptors (Lipinski definition) is 2. The Morgan fingerprint density at radius 1 is 1.19 bits per heavy atom. The minimum absolute atomic E-state index is 0.232. The molecule has 2 aromatic rings. The third kappa shape index (κ3) is 3.34. The molecule has 6 heteroatoms. The Labute approximate surface area is 119 Å². The number of benzene rings is 2. The molecule has 0 fully saturated rings. The van der Waals surface area contributed by atoms with Crippen LogP contribution in [-0.4, -0.2) is 5.91 Å². The van der Waals surface area contributed by atoms with Gasteiger partial charge in [0.05, 0.1) is 0 Å². The Kier molecular flexibility index (Phi) is 4.16. The zero-order chi connectivity index (χ0) is 15.6. The van der Waals surface area contributed by atoms with E-state index in [2.05, 4.69) is 5.32 Å². The minimum atomic E-state index is -1.30. The van der Waals surface area contributed by atoms with Crippen LogP contribution in [0.4, 0.5) is 18.9 Å². The average Bonchev–Trinajstić information content (AvgIpc) is 2.38. The summed E-state index contributed by atoms with van der Waals surface area (Å²) in [4.78, 5) is 11.5. The number of carbonyl (C=O) groups is 1. The summed E-state index contributed by atoms with van der Waals surface area (Å²) in [7, 11) is 0. The van der Waals surface area contributed by atoms with Crippen LogP contribution < -0.4 is 11.1 Å². The summed E-state index contributed by atoms with van der Waals surface area (Å²) < 4.78 is 40.4. The van der Waals surface area contributed by atoms with Crippen molar-refractivity contribution in [1.29, 1.82) is 0 Å². The highest BCUT2D eigenvalue weighted by Crippen LogP contribution is 2.24. The molecule has 21 heavy (non-hydrogen) atoms. The van der Waals surface area contributed by atoms with Crippen LogP contribution in [0.25, 0.3) is 0 Å². The molecule has 2 rings (SSSR count). The van der Waals surface area contributed by atoms with Crippen LogP contribution in [0.15, 0.2) is 36.4 Å². The van der Waals surface area contributed by atoms with Crippen molar-refractivity contribution in [3.05, 3.63) is 65.0 Å². The van der Waals surface area contributed by atoms with E-state index in [9.17, 15) is 18.0 Å². The Morgan fingerprint density at radius 3 is 2.52 bits per heavy atom. The predicted octanol–water partition coefficient (Wildman–Crippen LogP) is 3.05. The quantitative estimate of drug-likeness (QED) is 0.910. The average molecular weight is 294 g/mol. The lowest BCUT2D eigenvalue weighted by molar-refractivity contribution is -0.118. The largest absolute Gasteiger partial charge is 0.370 e. The third-order valence-corrected chi connectivity index (χ3v) is 2.93. The van der Waals surface area contributed by atoms with Crippen molar-refractivity contribution in [1.82, 2.24) is 0 Å². The van der Waals surface area contributed by atoms with Gasteiger partial charge in [-0.15, -0.1) is 0 Å². The van der Waals surface area contributed by atoms with E-state index in [1.165, 1.54) is 18.2 Å². The number of anilines is 1. The highest BCUT2D eigenvalue weighted by atomic mass is 19.2. The minimum Gasteiger partial charge on any atom is -0.370 e. The summed E-state index contributed by atoms with van der Waals surface area (Å²) in [5.74, 6) is -3.67. The fraction of sp³-hybridized carbons (Fsp3) is 0.133. The van der Waals surface area contributed by atoms with Gasteiger partial charge in [-0.3, -0.25) is 4.79 Å². The van der Waals surface area contributed by atoms with Gasteiger partial charge < -0.3 is 11.1 Å². The maximum atomic E-state index is 13.8. The molecule has 1 atom stereocenters. The molecule has 0 heterocycles. The predicted molar refractivity (Wildman–Crippen MR) is 73.1 cm³/mol. The van der Waals surface area contributed by atoms with Gasteiger partial charge in [-0.25, -0.2) is 13.2 Å². The number of primary amides is 1. The molecule has 0 radical (unpaired) electrons. The number of hydrogen-bond donors (Lipinski definition) is 2. The van der Waals surface area contributed by atoms with Crippen molar-refractivity contribution < 1.29 is 18.0 Å². The molecule has 1 amide bonds. The molecule has 2 aromatic carbocycles. The summed E-state index contributed by atoms with van der Waals surface area (Å²) in [5.41, 5.74) is 5.86. The fourth-order valence-electron chi connectivity index (χ4n) is 2.03. The zero-order valence-electron chi connectivity index (χ0n) is 11.2. The van der Waals surface area contributed by atoms with E-state index in [-0.39, 0.29) is 11.3 Å². The zero-order valence-corrected chi connectivity index (χ0v) is 11.2. The number of amides is 1. The topological polar surface area (TPSA) is 55.1 Å². The van der Waals surface area contributed by atoms with Crippen LogP contribution in [0.1, 0.15) is 17.2 Å². The van der Waals surface area contributed by atoms with Crippen LogP contribution in [0.5, 0.6) is 0 Å². The second-order valence-electron chi connectivity index (χ2n) is 4.64. The molecule has 0 aromatic heterocycles. The second kappa shape index (κ2) is 5.87. The maximum Gasteiger partial charge on any atom is 0.244 e. The molecular weight excluding hydrogens is 281 g/mol. The summed E-state index contributed by atoms with van der Waals surface area (Å²) in [5, 5.41) is 2.62. The number of aryl methyl sites for hydroxylation is 1. The highest BCUT2D eigenvalue weighted by molar-refractivity contribution is 5.84. The molecule has 0 aliphatic carbocycles. The van der Waals surface area contributed by atoms with Crippen LogP contribution >= 0.6 is 0 Å². The lowest BCUT2D eigenvalue weighted by Gasteiger charge is -2.18. The first-order valence-corrected chi connectivity index (χ1v) is 6.15. The summed E-state index contributed by atoms with van der Waals surface area (Å²) >= 11 is 0. The Morgan fingerprint density at radius 2 is 1.90 bits per heavy atom. The monoisotopic (exact) mass is 294 g/mol. The van der Waals surface area contributed by atoms with Gasteiger partial charge >= 0.3 is 0 Å². The van der Waals surface area contributed by atoms with E-state index in [0.717, 1.165) is 12.1 Å². The van der Waals surface area contributed by atoms with Crippen LogP contribution in [0.2, 0.25) is 0 Å². The molecule has 0 aliphatic rings. The van der Waals surface area contributed by atoms with E-state index in [4.69, 9.17) is 5.73 Å². The van der Waals surface area contributed by atoms with Gasteiger partial charge in [0.15, 0.2) is 11.6 Å². The van der Waals surface area contributed by atoms with Crippen LogP contribution in [0.3, 0.4) is 0 Å². The Balaban J connectivity index is 2.40. The molecular formula is C15H13F3N2O. The Hall–Kier alpha value is -2.50. The second-order valence-corrected chi connectivity index (χ2v) is 4.64. The fourth-order valence-corrected chi connectivity index (χ4v) is 2.03. The first kappa shape index (κ1) is 14.9. The van der Waals surface area contributed by atoms with Gasteiger partial charge in [-0.2, -0.15) is 0 Å². The number of nitrogens with two attached hydrogens (primary N) is 1. The molecule has 3 N–H and O–H groups in total. The van der Waals surface area contributed by atoms with E-state index in [1.54, 1.807) is 13.0 Å². The molecule has 3 nitrogen and oxygen atoms in total. The van der Waals surface area contributed by atoms with Crippen LogP contribution in [-0.2, 0) is 4.79 Å². The molecule has 0 spiro atoms. The molecule has 0 saturated carbocycles. The summed E-state index contributed by atoms with van der Waals surface area (Å²) in [6.45, 7) is 1.66. The van der Waals surface area contributed by atoms with Crippen LogP contribution in [0, 0.1) is 24.4 Å². The number of halogens is 3. The molecule has 0 bridgehead atoms. The van der Waals surface area contributed by atoms with Gasteiger partial charge in [-0.1, -0.05) is 12.1 Å². The van der Waals surface area contributed by atoms with Gasteiger partial charge in [0.2, 0.25) is 5.91 Å². The van der Waals surface area contributed by atoms with Gasteiger partial charge in [0.25, 0.3) is 0 Å². The molecule has 1 unspecified atom stereocenters. The van der Waals surface area contributed by atoms with E-state index >= 15 is 0 Å². The van der Waals surface area contributed by atoms with E-state index in [0.29, 0.717) is 5.56 Å². The highest BCUT2D eigenvalue weighted by Gasteiger charge is 2.23. The number of rotatable bonds is 4. The van der Waals surface area contributed by atoms with Gasteiger partial charge in [0, 0.05) is 11.3 Å². The van der Waals surface area contributed by atoms with Crippen molar-refractivity contribution in [2.45, 2.75) is 13.0 Å². The standard InChI is InChI=1S/C15H13F3N2O/c1-8-5-9(16)7-10(6-8)20-14(15(19)21)11-3-2-4-12(17)13(11)18/h2-7,14,20H,1H3,(H2,19,21). The SMILES string of the molecule is Cc1cc(F)cc(NC(C(N)=O)c2cccc(F)c2F)c1. The first-order valence-electron chi connectivity index (χ1n) is 6.15. The van der Waals surface area contributed by atoms with Crippen molar-refractivity contribution in [3.63, 3.8) is 0 Å². The molecule has 0 aliphatic heterocycles. The maximum absolute atomic E-state index is 13.8. The van der Waals surface area contributed by atoms with Crippen molar-refractivity contribution in [3.8, 4) is 0 Å². The molecule has 110 valence electrons. The van der Waals surface area contributed by atoms with Gasteiger partial charge in [0.1, 0.15) is 11.9 Å². The van der Waals surface area contributed by atoms with E-state index < -0.39 is 29.4 Å². The summed E-state index contributed by atoms with van der Waals surface area (Å²) in [6.07, 6.45) is 0. The van der Waals surface area contributed by atoms with E-state index in [1.807, 2.05) is 0 Å². The third-order valence-electron chi connectivity index (χ3n) is 2.93. The number of carbonyl (C=O) groups excluding carboxylic acids is 1. The summed E-state index contributed by atoms with van der Waals surface area (Å²) in [6, 6.07) is 6.14. The molecule has 0 saturated heterocycles. The first-order chi connectivity index (χ1) is 9.88. The van der Waals surface area contributed by atoms with Crippen molar-refractivity contribution >= 4 is 11.6 Å². The number of nitrogens with one attached hydrogen (secondary N) is 1.